The van der Waals surface area contributed by atoms with Gasteiger partial charge in [-0.15, -0.1) is 0 Å². The maximum Gasteiger partial charge on any atom is 0.252 e. The molecule has 1 amide bonds. The number of fused-ring (bicyclic) bond motifs is 1. The average molecular weight is 343 g/mol. The molecule has 1 fully saturated rings. The van der Waals surface area contributed by atoms with Crippen LogP contribution in [0.4, 0.5) is 5.13 Å². The summed E-state index contributed by atoms with van der Waals surface area (Å²) in [5, 5.41) is 8.07. The summed E-state index contributed by atoms with van der Waals surface area (Å²) >= 11 is 3.30. The molecule has 6 heteroatoms. The molecule has 3 heterocycles. The first-order valence-corrected chi connectivity index (χ1v) is 9.49. The van der Waals surface area contributed by atoms with E-state index in [1.807, 2.05) is 22.9 Å². The number of nitrogens with zero attached hydrogens (tertiary/aromatic N) is 2. The lowest BCUT2D eigenvalue weighted by atomic mass is 10.1. The Labute approximate surface area is 142 Å². The third-order valence-corrected chi connectivity index (χ3v) is 5.95. The number of carbonyl (C=O) groups is 1. The quantitative estimate of drug-likeness (QED) is 0.788. The molecule has 1 aliphatic heterocycles. The van der Waals surface area contributed by atoms with Crippen molar-refractivity contribution in [3.63, 3.8) is 0 Å². The number of hydrogen-bond acceptors (Lipinski definition) is 5. The van der Waals surface area contributed by atoms with Gasteiger partial charge in [-0.05, 0) is 36.4 Å². The van der Waals surface area contributed by atoms with Gasteiger partial charge in [0.2, 0.25) is 0 Å². The van der Waals surface area contributed by atoms with Gasteiger partial charge < -0.3 is 10.2 Å². The zero-order valence-corrected chi connectivity index (χ0v) is 14.2. The fourth-order valence-electron chi connectivity index (χ4n) is 2.87. The maximum absolute atomic E-state index is 12.1. The van der Waals surface area contributed by atoms with Crippen LogP contribution in [0.1, 0.15) is 23.2 Å². The molecule has 0 spiro atoms. The molecule has 0 radical (unpaired) electrons. The molecule has 0 atom stereocenters. The number of carbonyl (C=O) groups excluding carboxylic acids is 1. The minimum absolute atomic E-state index is 0.0460. The Morgan fingerprint density at radius 3 is 2.78 bits per heavy atom. The lowest BCUT2D eigenvalue weighted by molar-refractivity contribution is 0.0931. The molecule has 0 aliphatic carbocycles. The van der Waals surface area contributed by atoms with E-state index >= 15 is 0 Å². The third-order valence-electron chi connectivity index (χ3n) is 4.17. The van der Waals surface area contributed by atoms with Crippen LogP contribution >= 0.6 is 22.7 Å². The van der Waals surface area contributed by atoms with Gasteiger partial charge >= 0.3 is 0 Å². The summed E-state index contributed by atoms with van der Waals surface area (Å²) in [6.45, 7) is 1.88. The molecule has 0 saturated carbocycles. The number of piperidine rings is 1. The van der Waals surface area contributed by atoms with E-state index in [1.54, 1.807) is 22.7 Å². The van der Waals surface area contributed by atoms with Crippen molar-refractivity contribution in [1.29, 1.82) is 0 Å². The van der Waals surface area contributed by atoms with Crippen molar-refractivity contribution in [1.82, 2.24) is 10.3 Å². The highest BCUT2D eigenvalue weighted by atomic mass is 32.1. The highest BCUT2D eigenvalue weighted by molar-refractivity contribution is 7.22. The number of para-hydroxylation sites is 1. The van der Waals surface area contributed by atoms with Gasteiger partial charge in [-0.25, -0.2) is 4.98 Å². The first-order valence-electron chi connectivity index (χ1n) is 7.73. The predicted molar refractivity (Wildman–Crippen MR) is 96.6 cm³/mol. The second-order valence-electron chi connectivity index (χ2n) is 5.71. The Bertz CT molecular complexity index is 771. The highest BCUT2D eigenvalue weighted by Gasteiger charge is 2.23. The van der Waals surface area contributed by atoms with E-state index < -0.39 is 0 Å². The Morgan fingerprint density at radius 1 is 1.22 bits per heavy atom. The first-order chi connectivity index (χ1) is 11.3. The van der Waals surface area contributed by atoms with Gasteiger partial charge in [-0.3, -0.25) is 4.79 Å². The van der Waals surface area contributed by atoms with E-state index in [0.717, 1.165) is 42.1 Å². The predicted octanol–water partition coefficient (Wildman–Crippen LogP) is 3.76. The molecule has 0 bridgehead atoms. The van der Waals surface area contributed by atoms with Gasteiger partial charge in [-0.1, -0.05) is 23.5 Å². The van der Waals surface area contributed by atoms with Crippen molar-refractivity contribution in [2.45, 2.75) is 18.9 Å². The number of hydrogen-bond donors (Lipinski definition) is 1. The van der Waals surface area contributed by atoms with Crippen LogP contribution in [0.25, 0.3) is 10.2 Å². The maximum atomic E-state index is 12.1. The molecular weight excluding hydrogens is 326 g/mol. The van der Waals surface area contributed by atoms with Crippen molar-refractivity contribution >= 4 is 43.9 Å². The van der Waals surface area contributed by atoms with Gasteiger partial charge in [0.25, 0.3) is 5.91 Å². The second kappa shape index (κ2) is 6.29. The molecular formula is C17H17N3OS2. The van der Waals surface area contributed by atoms with Crippen LogP contribution in [0.3, 0.4) is 0 Å². The van der Waals surface area contributed by atoms with Gasteiger partial charge in [-0.2, -0.15) is 11.3 Å². The summed E-state index contributed by atoms with van der Waals surface area (Å²) in [4.78, 5) is 19.2. The largest absolute Gasteiger partial charge is 0.349 e. The minimum Gasteiger partial charge on any atom is -0.349 e. The molecule has 0 unspecified atom stereocenters. The summed E-state index contributed by atoms with van der Waals surface area (Å²) in [7, 11) is 0. The SMILES string of the molecule is O=C(NC1CCN(c2nc3ccccc3s2)CC1)c1ccsc1. The molecule has 4 rings (SSSR count). The molecule has 2 aromatic heterocycles. The van der Waals surface area contributed by atoms with Gasteiger partial charge in [0.05, 0.1) is 10.2 Å². The summed E-state index contributed by atoms with van der Waals surface area (Å²) in [5.74, 6) is 0.0460. The van der Waals surface area contributed by atoms with E-state index in [2.05, 4.69) is 28.4 Å². The topological polar surface area (TPSA) is 45.2 Å². The molecule has 4 nitrogen and oxygen atoms in total. The Kier molecular flexibility index (Phi) is 4.01. The van der Waals surface area contributed by atoms with E-state index in [-0.39, 0.29) is 11.9 Å². The fraction of sp³-hybridized carbons (Fsp3) is 0.294. The number of rotatable bonds is 3. The van der Waals surface area contributed by atoms with Gasteiger partial charge in [0.1, 0.15) is 0 Å². The van der Waals surface area contributed by atoms with Crippen LogP contribution in [0, 0.1) is 0 Å². The van der Waals surface area contributed by atoms with Crippen LogP contribution < -0.4 is 10.2 Å². The van der Waals surface area contributed by atoms with Gasteiger partial charge in [0.15, 0.2) is 5.13 Å². The lowest BCUT2D eigenvalue weighted by Crippen LogP contribution is -2.44. The molecule has 3 aromatic rings. The molecule has 118 valence electrons. The number of benzene rings is 1. The second-order valence-corrected chi connectivity index (χ2v) is 7.50. The van der Waals surface area contributed by atoms with E-state index in [1.165, 1.54) is 4.70 Å². The summed E-state index contributed by atoms with van der Waals surface area (Å²) < 4.78 is 1.23. The average Bonchev–Trinajstić information content (AvgIpc) is 3.25. The molecule has 1 aliphatic rings. The Morgan fingerprint density at radius 2 is 2.04 bits per heavy atom. The van der Waals surface area contributed by atoms with Crippen molar-refractivity contribution in [3.05, 3.63) is 46.7 Å². The van der Waals surface area contributed by atoms with Crippen LogP contribution in [0.15, 0.2) is 41.1 Å². The molecule has 23 heavy (non-hydrogen) atoms. The number of thiazole rings is 1. The minimum atomic E-state index is 0.0460. The number of nitrogens with one attached hydrogen (secondary N) is 1. The van der Waals surface area contributed by atoms with Crippen molar-refractivity contribution in [2.24, 2.45) is 0 Å². The fourth-order valence-corrected chi connectivity index (χ4v) is 4.53. The van der Waals surface area contributed by atoms with Crippen molar-refractivity contribution < 1.29 is 4.79 Å². The number of amides is 1. The summed E-state index contributed by atoms with van der Waals surface area (Å²) in [6, 6.07) is 10.4. The summed E-state index contributed by atoms with van der Waals surface area (Å²) in [5.41, 5.74) is 1.84. The van der Waals surface area contributed by atoms with E-state index in [4.69, 9.17) is 4.98 Å². The zero-order chi connectivity index (χ0) is 15.6. The molecule has 1 saturated heterocycles. The van der Waals surface area contributed by atoms with Crippen molar-refractivity contribution in [3.8, 4) is 0 Å². The van der Waals surface area contributed by atoms with E-state index in [9.17, 15) is 4.79 Å². The normalized spacial score (nSPS) is 15.9. The van der Waals surface area contributed by atoms with Crippen LogP contribution in [0.5, 0.6) is 0 Å². The number of thiophene rings is 1. The molecule has 1 aromatic carbocycles. The lowest BCUT2D eigenvalue weighted by Gasteiger charge is -2.32. The Balaban J connectivity index is 1.38. The third kappa shape index (κ3) is 3.09. The monoisotopic (exact) mass is 343 g/mol. The van der Waals surface area contributed by atoms with Gasteiger partial charge in [0, 0.05) is 30.1 Å². The van der Waals surface area contributed by atoms with Crippen LogP contribution in [0.2, 0.25) is 0 Å². The summed E-state index contributed by atoms with van der Waals surface area (Å²) in [6.07, 6.45) is 1.93. The zero-order valence-electron chi connectivity index (χ0n) is 12.6. The van der Waals surface area contributed by atoms with Crippen LogP contribution in [-0.4, -0.2) is 30.0 Å². The highest BCUT2D eigenvalue weighted by Crippen LogP contribution is 2.30. The van der Waals surface area contributed by atoms with Crippen molar-refractivity contribution in [2.75, 3.05) is 18.0 Å². The Hall–Kier alpha value is -1.92. The number of anilines is 1. The number of aromatic nitrogens is 1. The van der Waals surface area contributed by atoms with Crippen LogP contribution in [-0.2, 0) is 0 Å². The standard InChI is InChI=1S/C17H17N3OS2/c21-16(12-7-10-22-11-12)18-13-5-8-20(9-6-13)17-19-14-3-1-2-4-15(14)23-17/h1-4,7,10-11,13H,5-6,8-9H2,(H,18,21). The van der Waals surface area contributed by atoms with E-state index in [0.29, 0.717) is 0 Å². The smallest absolute Gasteiger partial charge is 0.252 e. The first kappa shape index (κ1) is 14.7. The molecule has 1 N–H and O–H groups in total.